The lowest BCUT2D eigenvalue weighted by atomic mass is 10.1. The van der Waals surface area contributed by atoms with Gasteiger partial charge >= 0.3 is 0 Å². The van der Waals surface area contributed by atoms with E-state index >= 15 is 0 Å². The molecule has 0 aliphatic carbocycles. The largest absolute Gasteiger partial charge is 0.390 e. The lowest BCUT2D eigenvalue weighted by Crippen LogP contribution is -2.36. The predicted octanol–water partition coefficient (Wildman–Crippen LogP) is 2.19. The molecule has 23 heavy (non-hydrogen) atoms. The van der Waals surface area contributed by atoms with Crippen molar-refractivity contribution in [2.75, 3.05) is 20.3 Å². The standard InChI is InChI=1S/C17H36O6/c1-6-16(20,7-2)22-12-10-14(18)15(19)11-13-23-17(8-3,9-4)21-5/h14-15,18-20H,6-13H2,1-5H3. The summed E-state index contributed by atoms with van der Waals surface area (Å²) in [5, 5.41) is 29.9. The molecule has 0 aromatic rings. The van der Waals surface area contributed by atoms with Gasteiger partial charge in [-0.2, -0.15) is 0 Å². The lowest BCUT2D eigenvalue weighted by molar-refractivity contribution is -0.230. The number of aliphatic hydroxyl groups is 3. The van der Waals surface area contributed by atoms with E-state index in [4.69, 9.17) is 14.2 Å². The van der Waals surface area contributed by atoms with Crippen molar-refractivity contribution in [2.45, 2.75) is 90.0 Å². The number of aliphatic hydroxyl groups excluding tert-OH is 2. The van der Waals surface area contributed by atoms with Gasteiger partial charge in [0.05, 0.1) is 25.4 Å². The fourth-order valence-corrected chi connectivity index (χ4v) is 2.38. The van der Waals surface area contributed by atoms with Crippen LogP contribution in [-0.4, -0.2) is 59.4 Å². The van der Waals surface area contributed by atoms with Crippen LogP contribution in [0.3, 0.4) is 0 Å². The van der Waals surface area contributed by atoms with Crippen LogP contribution in [0.1, 0.15) is 66.2 Å². The maximum Gasteiger partial charge on any atom is 0.167 e. The first-order valence-corrected chi connectivity index (χ1v) is 8.73. The fourth-order valence-electron chi connectivity index (χ4n) is 2.38. The molecule has 0 bridgehead atoms. The number of ether oxygens (including phenoxy) is 3. The summed E-state index contributed by atoms with van der Waals surface area (Å²) in [6.45, 7) is 8.16. The average Bonchev–Trinajstić information content (AvgIpc) is 2.58. The minimum atomic E-state index is -1.14. The third-order valence-electron chi connectivity index (χ3n) is 4.56. The molecule has 3 N–H and O–H groups in total. The van der Waals surface area contributed by atoms with Crippen molar-refractivity contribution in [3.05, 3.63) is 0 Å². The molecule has 0 rings (SSSR count). The molecular weight excluding hydrogens is 300 g/mol. The van der Waals surface area contributed by atoms with Gasteiger partial charge in [-0.25, -0.2) is 0 Å². The Bertz CT molecular complexity index is 281. The highest BCUT2D eigenvalue weighted by molar-refractivity contribution is 4.70. The van der Waals surface area contributed by atoms with Gasteiger partial charge in [0.15, 0.2) is 11.6 Å². The first kappa shape index (κ1) is 22.8. The Kier molecular flexibility index (Phi) is 11.2. The minimum Gasteiger partial charge on any atom is -0.390 e. The van der Waals surface area contributed by atoms with Crippen molar-refractivity contribution >= 4 is 0 Å². The van der Waals surface area contributed by atoms with Crippen molar-refractivity contribution < 1.29 is 29.5 Å². The van der Waals surface area contributed by atoms with Crippen LogP contribution in [0.4, 0.5) is 0 Å². The summed E-state index contributed by atoms with van der Waals surface area (Å²) >= 11 is 0. The van der Waals surface area contributed by atoms with Gasteiger partial charge in [-0.1, -0.05) is 27.7 Å². The minimum absolute atomic E-state index is 0.198. The molecule has 2 unspecified atom stereocenters. The van der Waals surface area contributed by atoms with E-state index in [1.807, 2.05) is 27.7 Å². The maximum atomic E-state index is 9.99. The van der Waals surface area contributed by atoms with E-state index in [1.54, 1.807) is 7.11 Å². The predicted molar refractivity (Wildman–Crippen MR) is 89.0 cm³/mol. The SMILES string of the molecule is CCC(O)(CC)OCCC(O)C(O)CCOC(CC)(CC)OC. The first-order chi connectivity index (χ1) is 10.8. The van der Waals surface area contributed by atoms with Crippen LogP contribution in [0.15, 0.2) is 0 Å². The highest BCUT2D eigenvalue weighted by Crippen LogP contribution is 2.22. The highest BCUT2D eigenvalue weighted by atomic mass is 16.7. The Morgan fingerprint density at radius 1 is 0.783 bits per heavy atom. The lowest BCUT2D eigenvalue weighted by Gasteiger charge is -2.31. The Morgan fingerprint density at radius 3 is 1.57 bits per heavy atom. The van der Waals surface area contributed by atoms with Crippen molar-refractivity contribution in [1.29, 1.82) is 0 Å². The quantitative estimate of drug-likeness (QED) is 0.421. The second-order valence-corrected chi connectivity index (χ2v) is 5.88. The van der Waals surface area contributed by atoms with Gasteiger partial charge in [-0.3, -0.25) is 0 Å². The monoisotopic (exact) mass is 336 g/mol. The van der Waals surface area contributed by atoms with E-state index in [9.17, 15) is 15.3 Å². The van der Waals surface area contributed by atoms with Gasteiger partial charge in [0.25, 0.3) is 0 Å². The van der Waals surface area contributed by atoms with Crippen LogP contribution in [-0.2, 0) is 14.2 Å². The summed E-state index contributed by atoms with van der Waals surface area (Å²) in [5.41, 5.74) is 0. The zero-order valence-corrected chi connectivity index (χ0v) is 15.4. The van der Waals surface area contributed by atoms with Gasteiger partial charge in [0.2, 0.25) is 0 Å². The summed E-state index contributed by atoms with van der Waals surface area (Å²) in [6.07, 6.45) is 1.21. The second-order valence-electron chi connectivity index (χ2n) is 5.88. The van der Waals surface area contributed by atoms with Gasteiger partial charge in [-0.15, -0.1) is 0 Å². The highest BCUT2D eigenvalue weighted by Gasteiger charge is 2.27. The molecule has 0 spiro atoms. The molecule has 0 aromatic carbocycles. The molecule has 0 saturated carbocycles. The first-order valence-electron chi connectivity index (χ1n) is 8.73. The molecule has 2 atom stereocenters. The molecule has 0 aromatic heterocycles. The van der Waals surface area contributed by atoms with Gasteiger partial charge < -0.3 is 29.5 Å². The molecule has 0 heterocycles. The molecule has 140 valence electrons. The third-order valence-corrected chi connectivity index (χ3v) is 4.56. The normalized spacial score (nSPS) is 15.7. The summed E-state index contributed by atoms with van der Waals surface area (Å²) in [4.78, 5) is 0. The second kappa shape index (κ2) is 11.3. The van der Waals surface area contributed by atoms with E-state index in [0.29, 0.717) is 25.9 Å². The molecule has 0 aliphatic rings. The summed E-state index contributed by atoms with van der Waals surface area (Å²) in [5.74, 6) is -1.76. The molecule has 6 nitrogen and oxygen atoms in total. The number of methoxy groups -OCH3 is 1. The molecule has 0 fully saturated rings. The average molecular weight is 336 g/mol. The Hall–Kier alpha value is -0.240. The van der Waals surface area contributed by atoms with E-state index in [-0.39, 0.29) is 13.0 Å². The number of hydrogen-bond acceptors (Lipinski definition) is 6. The van der Waals surface area contributed by atoms with Gasteiger partial charge in [0, 0.05) is 7.11 Å². The Labute approximate surface area is 140 Å². The van der Waals surface area contributed by atoms with Gasteiger partial charge in [-0.05, 0) is 38.5 Å². The molecule has 6 heteroatoms. The molecular formula is C17H36O6. The smallest absolute Gasteiger partial charge is 0.167 e. The molecule has 0 aliphatic heterocycles. The van der Waals surface area contributed by atoms with Crippen molar-refractivity contribution in [3.63, 3.8) is 0 Å². The van der Waals surface area contributed by atoms with Crippen molar-refractivity contribution in [3.8, 4) is 0 Å². The Morgan fingerprint density at radius 2 is 1.22 bits per heavy atom. The zero-order chi connectivity index (χ0) is 17.9. The van der Waals surface area contributed by atoms with Crippen LogP contribution in [0, 0.1) is 0 Å². The summed E-state index contributed by atoms with van der Waals surface area (Å²) in [6, 6.07) is 0. The van der Waals surface area contributed by atoms with Crippen LogP contribution < -0.4 is 0 Å². The summed E-state index contributed by atoms with van der Waals surface area (Å²) in [7, 11) is 1.61. The zero-order valence-electron chi connectivity index (χ0n) is 15.4. The van der Waals surface area contributed by atoms with Crippen LogP contribution in [0.25, 0.3) is 0 Å². The fraction of sp³-hybridized carbons (Fsp3) is 1.00. The van der Waals surface area contributed by atoms with Crippen LogP contribution in [0.2, 0.25) is 0 Å². The van der Waals surface area contributed by atoms with E-state index in [2.05, 4.69) is 0 Å². The molecule has 0 saturated heterocycles. The Balaban J connectivity index is 4.09. The van der Waals surface area contributed by atoms with Crippen LogP contribution >= 0.6 is 0 Å². The van der Waals surface area contributed by atoms with E-state index in [0.717, 1.165) is 12.8 Å². The number of hydrogen-bond donors (Lipinski definition) is 3. The van der Waals surface area contributed by atoms with Crippen molar-refractivity contribution in [2.24, 2.45) is 0 Å². The van der Waals surface area contributed by atoms with Crippen molar-refractivity contribution in [1.82, 2.24) is 0 Å². The maximum absolute atomic E-state index is 9.99. The third kappa shape index (κ3) is 7.92. The van der Waals surface area contributed by atoms with Crippen LogP contribution in [0.5, 0.6) is 0 Å². The molecule has 0 amide bonds. The topological polar surface area (TPSA) is 88.4 Å². The number of rotatable bonds is 14. The molecule has 0 radical (unpaired) electrons. The van der Waals surface area contributed by atoms with E-state index < -0.39 is 23.8 Å². The van der Waals surface area contributed by atoms with Gasteiger partial charge in [0.1, 0.15) is 0 Å². The summed E-state index contributed by atoms with van der Waals surface area (Å²) < 4.78 is 16.5. The van der Waals surface area contributed by atoms with E-state index in [1.165, 1.54) is 0 Å².